The van der Waals surface area contributed by atoms with Crippen LogP contribution in [0.2, 0.25) is 0 Å². The molecule has 4 fully saturated rings. The van der Waals surface area contributed by atoms with Crippen molar-refractivity contribution in [1.29, 1.82) is 0 Å². The maximum atomic E-state index is 12.8. The molecule has 5 aliphatic rings. The summed E-state index contributed by atoms with van der Waals surface area (Å²) < 4.78 is 18.0. The minimum Gasteiger partial charge on any atom is -0.494 e. The molecule has 0 amide bonds. The first kappa shape index (κ1) is 28.8. The quantitative estimate of drug-likeness (QED) is 0.314. The Bertz CT molecular complexity index is 1170. The lowest BCUT2D eigenvalue weighted by molar-refractivity contribution is -0.142. The highest BCUT2D eigenvalue weighted by Gasteiger charge is 2.64. The third kappa shape index (κ3) is 5.14. The van der Waals surface area contributed by atoms with Gasteiger partial charge in [0.25, 0.3) is 0 Å². The maximum absolute atomic E-state index is 12.8. The number of rotatable bonds is 7. The standard InChI is InChI=1S/C36H50O5/c1-22(21-39-24(3)37)11-14-31-23(2)33-32(41-31)20-30-28-13-12-26-19-27(40-34(38)25-9-7-6-8-10-25)15-17-35(26,4)29(28)16-18-36(30,33)5/h6-10,22,26-30,32-33H,11-21H2,1-5H3/t22-,26+,27+,28-,29+,30+,32+,33+,35+,36+/m1/s1. The van der Waals surface area contributed by atoms with E-state index in [0.717, 1.165) is 43.4 Å². The van der Waals surface area contributed by atoms with E-state index in [2.05, 4.69) is 27.7 Å². The molecule has 41 heavy (non-hydrogen) atoms. The maximum Gasteiger partial charge on any atom is 0.338 e. The van der Waals surface area contributed by atoms with E-state index in [0.29, 0.717) is 46.9 Å². The van der Waals surface area contributed by atoms with Crippen LogP contribution in [0.5, 0.6) is 0 Å². The fourth-order valence-electron chi connectivity index (χ4n) is 10.4. The van der Waals surface area contributed by atoms with E-state index in [1.807, 2.05) is 30.3 Å². The van der Waals surface area contributed by atoms with E-state index in [1.54, 1.807) is 0 Å². The van der Waals surface area contributed by atoms with Gasteiger partial charge in [0.05, 0.1) is 17.9 Å². The van der Waals surface area contributed by atoms with E-state index < -0.39 is 0 Å². The third-order valence-electron chi connectivity index (χ3n) is 12.5. The molecule has 6 rings (SSSR count). The molecule has 0 bridgehead atoms. The van der Waals surface area contributed by atoms with E-state index >= 15 is 0 Å². The van der Waals surface area contributed by atoms with Gasteiger partial charge in [-0.15, -0.1) is 0 Å². The second kappa shape index (κ2) is 11.1. The predicted octanol–water partition coefficient (Wildman–Crippen LogP) is 8.13. The van der Waals surface area contributed by atoms with Gasteiger partial charge in [-0.05, 0) is 123 Å². The molecule has 5 heteroatoms. The summed E-state index contributed by atoms with van der Waals surface area (Å²) in [5.74, 6) is 4.69. The van der Waals surface area contributed by atoms with Crippen molar-refractivity contribution in [2.24, 2.45) is 46.3 Å². The first-order valence-corrected chi connectivity index (χ1v) is 16.4. The van der Waals surface area contributed by atoms with Crippen LogP contribution in [0.15, 0.2) is 41.7 Å². The van der Waals surface area contributed by atoms with Crippen molar-refractivity contribution in [2.45, 2.75) is 111 Å². The highest BCUT2D eigenvalue weighted by molar-refractivity contribution is 5.89. The molecule has 0 spiro atoms. The van der Waals surface area contributed by atoms with Gasteiger partial charge in [0.2, 0.25) is 0 Å². The van der Waals surface area contributed by atoms with Crippen LogP contribution in [-0.2, 0) is 19.0 Å². The Morgan fingerprint density at radius 3 is 2.51 bits per heavy atom. The number of esters is 2. The molecule has 1 aromatic carbocycles. The van der Waals surface area contributed by atoms with Crippen LogP contribution in [0.4, 0.5) is 0 Å². The van der Waals surface area contributed by atoms with E-state index in [4.69, 9.17) is 14.2 Å². The fourth-order valence-corrected chi connectivity index (χ4v) is 10.4. The molecule has 0 saturated heterocycles. The van der Waals surface area contributed by atoms with Crippen molar-refractivity contribution >= 4 is 11.9 Å². The van der Waals surface area contributed by atoms with Gasteiger partial charge in [-0.2, -0.15) is 0 Å². The molecule has 0 radical (unpaired) electrons. The summed E-state index contributed by atoms with van der Waals surface area (Å²) in [6.45, 7) is 11.6. The summed E-state index contributed by atoms with van der Waals surface area (Å²) in [7, 11) is 0. The number of benzene rings is 1. The summed E-state index contributed by atoms with van der Waals surface area (Å²) in [6, 6.07) is 9.45. The Morgan fingerprint density at radius 1 is 1.00 bits per heavy atom. The first-order valence-electron chi connectivity index (χ1n) is 16.4. The third-order valence-corrected chi connectivity index (χ3v) is 12.5. The molecule has 10 atom stereocenters. The van der Waals surface area contributed by atoms with Gasteiger partial charge < -0.3 is 14.2 Å². The molecule has 4 saturated carbocycles. The SMILES string of the molecule is CC(=O)OC[C@H](C)CCC1=C(C)[C@H]2[C@H](C[C@H]3[C@@H]4CC[C@H]5C[C@@H](OC(=O)c6ccccc6)CC[C@]5(C)[C@H]4CC[C@@]32C)O1. The Balaban J connectivity index is 1.10. The van der Waals surface area contributed by atoms with Crippen molar-refractivity contribution in [3.8, 4) is 0 Å². The van der Waals surface area contributed by atoms with Gasteiger partial charge in [0.1, 0.15) is 12.2 Å². The van der Waals surface area contributed by atoms with Gasteiger partial charge in [-0.3, -0.25) is 4.79 Å². The highest BCUT2D eigenvalue weighted by Crippen LogP contribution is 2.69. The van der Waals surface area contributed by atoms with Crippen LogP contribution in [-0.4, -0.2) is 30.8 Å². The first-order chi connectivity index (χ1) is 19.6. The molecule has 4 aliphatic carbocycles. The molecule has 5 nitrogen and oxygen atoms in total. The van der Waals surface area contributed by atoms with Crippen molar-refractivity contribution < 1.29 is 23.8 Å². The van der Waals surface area contributed by atoms with Gasteiger partial charge in [-0.1, -0.05) is 39.0 Å². The molecule has 0 aromatic heterocycles. The summed E-state index contributed by atoms with van der Waals surface area (Å²) in [6.07, 6.45) is 11.9. The molecule has 1 aliphatic heterocycles. The van der Waals surface area contributed by atoms with Crippen molar-refractivity contribution in [1.82, 2.24) is 0 Å². The zero-order valence-electron chi connectivity index (χ0n) is 25.8. The average molecular weight is 563 g/mol. The highest BCUT2D eigenvalue weighted by atomic mass is 16.5. The summed E-state index contributed by atoms with van der Waals surface area (Å²) in [5.41, 5.74) is 2.84. The molecule has 224 valence electrons. The molecular weight excluding hydrogens is 512 g/mol. The minimum absolute atomic E-state index is 0.0494. The van der Waals surface area contributed by atoms with Crippen LogP contribution >= 0.6 is 0 Å². The Morgan fingerprint density at radius 2 is 1.76 bits per heavy atom. The summed E-state index contributed by atoms with van der Waals surface area (Å²) in [5, 5.41) is 0. The lowest BCUT2D eigenvalue weighted by Gasteiger charge is -2.61. The number of fused-ring (bicyclic) bond motifs is 7. The predicted molar refractivity (Wildman–Crippen MR) is 159 cm³/mol. The van der Waals surface area contributed by atoms with Crippen LogP contribution < -0.4 is 0 Å². The monoisotopic (exact) mass is 562 g/mol. The normalized spacial score (nSPS) is 40.0. The number of carbonyl (C=O) groups is 2. The Hall–Kier alpha value is -2.30. The molecule has 0 unspecified atom stereocenters. The molecule has 0 N–H and O–H groups in total. The van der Waals surface area contributed by atoms with Crippen LogP contribution in [0.3, 0.4) is 0 Å². The second-order valence-corrected chi connectivity index (χ2v) is 14.8. The minimum atomic E-state index is -0.198. The van der Waals surface area contributed by atoms with Crippen LogP contribution in [0.25, 0.3) is 0 Å². The van der Waals surface area contributed by atoms with Gasteiger partial charge in [0.15, 0.2) is 0 Å². The number of carbonyl (C=O) groups excluding carboxylic acids is 2. The number of hydrogen-bond donors (Lipinski definition) is 0. The van der Waals surface area contributed by atoms with E-state index in [9.17, 15) is 9.59 Å². The van der Waals surface area contributed by atoms with Crippen molar-refractivity contribution in [3.63, 3.8) is 0 Å². The second-order valence-electron chi connectivity index (χ2n) is 14.8. The summed E-state index contributed by atoms with van der Waals surface area (Å²) >= 11 is 0. The van der Waals surface area contributed by atoms with Crippen LogP contribution in [0.1, 0.15) is 109 Å². The zero-order valence-corrected chi connectivity index (χ0v) is 25.8. The number of allylic oxidation sites excluding steroid dienone is 1. The van der Waals surface area contributed by atoms with Gasteiger partial charge in [-0.25, -0.2) is 4.79 Å². The van der Waals surface area contributed by atoms with Crippen molar-refractivity contribution in [2.75, 3.05) is 6.61 Å². The van der Waals surface area contributed by atoms with Gasteiger partial charge >= 0.3 is 11.9 Å². The van der Waals surface area contributed by atoms with Gasteiger partial charge in [0, 0.05) is 19.3 Å². The number of ether oxygens (including phenoxy) is 3. The lowest BCUT2D eigenvalue weighted by atomic mass is 9.44. The molecule has 1 heterocycles. The number of hydrogen-bond acceptors (Lipinski definition) is 5. The fraction of sp³-hybridized carbons (Fsp3) is 0.722. The smallest absolute Gasteiger partial charge is 0.338 e. The Labute approximate surface area is 246 Å². The van der Waals surface area contributed by atoms with Crippen LogP contribution in [0, 0.1) is 46.3 Å². The Kier molecular flexibility index (Phi) is 7.78. The molecular formula is C36H50O5. The summed E-state index contributed by atoms with van der Waals surface area (Å²) in [4.78, 5) is 23.9. The largest absolute Gasteiger partial charge is 0.494 e. The zero-order chi connectivity index (χ0) is 28.9. The van der Waals surface area contributed by atoms with E-state index in [-0.39, 0.29) is 18.0 Å². The van der Waals surface area contributed by atoms with Crippen molar-refractivity contribution in [3.05, 3.63) is 47.2 Å². The lowest BCUT2D eigenvalue weighted by Crippen LogP contribution is -2.54. The average Bonchev–Trinajstić information content (AvgIpc) is 3.44. The molecule has 1 aromatic rings. The topological polar surface area (TPSA) is 61.8 Å². The van der Waals surface area contributed by atoms with E-state index in [1.165, 1.54) is 56.8 Å².